The summed E-state index contributed by atoms with van der Waals surface area (Å²) in [5, 5.41) is 4.74. The Bertz CT molecular complexity index is 882. The number of hydrogen-bond acceptors (Lipinski definition) is 6. The number of carbonyl (C=O) groups excluding carboxylic acids is 1. The van der Waals surface area contributed by atoms with Gasteiger partial charge in [-0.3, -0.25) is 4.79 Å². The van der Waals surface area contributed by atoms with Crippen molar-refractivity contribution in [3.63, 3.8) is 0 Å². The SMILES string of the molecule is COCCCOc1cc(CCc2ccccc2)cc(ON(C(=O)[C@H]2CNCCO2)C2CC2)c1. The van der Waals surface area contributed by atoms with Crippen molar-refractivity contribution in [2.45, 2.75) is 44.2 Å². The zero-order chi connectivity index (χ0) is 22.9. The predicted octanol–water partition coefficient (Wildman–Crippen LogP) is 3.16. The fraction of sp³-hybridized carbons (Fsp3) is 0.500. The summed E-state index contributed by atoms with van der Waals surface area (Å²) in [6.07, 6.45) is 3.95. The van der Waals surface area contributed by atoms with Crippen molar-refractivity contribution in [3.05, 3.63) is 59.7 Å². The van der Waals surface area contributed by atoms with E-state index in [-0.39, 0.29) is 11.9 Å². The Morgan fingerprint density at radius 3 is 2.58 bits per heavy atom. The lowest BCUT2D eigenvalue weighted by Crippen LogP contribution is -2.51. The second-order valence-electron chi connectivity index (χ2n) is 8.54. The van der Waals surface area contributed by atoms with Gasteiger partial charge in [0.2, 0.25) is 0 Å². The van der Waals surface area contributed by atoms with Crippen molar-refractivity contribution in [3.8, 4) is 11.5 Å². The van der Waals surface area contributed by atoms with E-state index in [2.05, 4.69) is 35.6 Å². The van der Waals surface area contributed by atoms with Crippen LogP contribution in [0, 0.1) is 0 Å². The molecule has 0 spiro atoms. The molecular formula is C26H34N2O5. The van der Waals surface area contributed by atoms with Gasteiger partial charge in [0, 0.05) is 39.3 Å². The highest BCUT2D eigenvalue weighted by Crippen LogP contribution is 2.31. The van der Waals surface area contributed by atoms with Crippen LogP contribution in [0.2, 0.25) is 0 Å². The summed E-state index contributed by atoms with van der Waals surface area (Å²) in [4.78, 5) is 19.3. The summed E-state index contributed by atoms with van der Waals surface area (Å²) >= 11 is 0. The monoisotopic (exact) mass is 454 g/mol. The molecule has 1 saturated carbocycles. The fourth-order valence-corrected chi connectivity index (χ4v) is 3.83. The van der Waals surface area contributed by atoms with E-state index in [1.165, 1.54) is 10.6 Å². The lowest BCUT2D eigenvalue weighted by atomic mass is 10.0. The third-order valence-electron chi connectivity index (χ3n) is 5.75. The maximum Gasteiger partial charge on any atom is 0.285 e. The molecule has 0 aromatic heterocycles. The van der Waals surface area contributed by atoms with Crippen LogP contribution in [0.25, 0.3) is 0 Å². The molecule has 1 aliphatic carbocycles. The number of amides is 1. The summed E-state index contributed by atoms with van der Waals surface area (Å²) in [5.74, 6) is 1.23. The highest BCUT2D eigenvalue weighted by atomic mass is 16.7. The van der Waals surface area contributed by atoms with Crippen LogP contribution in [0.5, 0.6) is 11.5 Å². The van der Waals surface area contributed by atoms with Gasteiger partial charge in [-0.05, 0) is 48.9 Å². The van der Waals surface area contributed by atoms with E-state index in [1.54, 1.807) is 7.11 Å². The zero-order valence-electron chi connectivity index (χ0n) is 19.3. The minimum Gasteiger partial charge on any atom is -0.493 e. The van der Waals surface area contributed by atoms with E-state index < -0.39 is 6.10 Å². The molecule has 33 heavy (non-hydrogen) atoms. The molecule has 178 valence electrons. The first-order valence-corrected chi connectivity index (χ1v) is 11.9. The molecule has 0 bridgehead atoms. The van der Waals surface area contributed by atoms with Crippen molar-refractivity contribution in [2.24, 2.45) is 0 Å². The number of ether oxygens (including phenoxy) is 3. The number of benzene rings is 2. The predicted molar refractivity (Wildman–Crippen MR) is 125 cm³/mol. The zero-order valence-corrected chi connectivity index (χ0v) is 19.3. The van der Waals surface area contributed by atoms with Gasteiger partial charge in [-0.25, -0.2) is 0 Å². The van der Waals surface area contributed by atoms with Crippen LogP contribution in [0.3, 0.4) is 0 Å². The van der Waals surface area contributed by atoms with Crippen LogP contribution < -0.4 is 14.9 Å². The van der Waals surface area contributed by atoms with E-state index in [0.29, 0.717) is 32.1 Å². The van der Waals surface area contributed by atoms with Crippen LogP contribution in [0.1, 0.15) is 30.4 Å². The molecule has 1 N–H and O–H groups in total. The topological polar surface area (TPSA) is 69.3 Å². The smallest absolute Gasteiger partial charge is 0.285 e. The molecule has 1 heterocycles. The average Bonchev–Trinajstić information content (AvgIpc) is 3.70. The first-order chi connectivity index (χ1) is 16.2. The van der Waals surface area contributed by atoms with E-state index >= 15 is 0 Å². The fourth-order valence-electron chi connectivity index (χ4n) is 3.83. The molecule has 7 heteroatoms. The minimum absolute atomic E-state index is 0.0991. The van der Waals surface area contributed by atoms with Crippen molar-refractivity contribution < 1.29 is 23.8 Å². The quantitative estimate of drug-likeness (QED) is 0.393. The number of aryl methyl sites for hydroxylation is 2. The summed E-state index contributed by atoms with van der Waals surface area (Å²) < 4.78 is 16.8. The molecule has 1 amide bonds. The molecule has 1 aliphatic heterocycles. The lowest BCUT2D eigenvalue weighted by molar-refractivity contribution is -0.173. The van der Waals surface area contributed by atoms with Gasteiger partial charge in [0.05, 0.1) is 19.3 Å². The number of rotatable bonds is 12. The number of nitrogens with one attached hydrogen (secondary N) is 1. The third kappa shape index (κ3) is 7.19. The molecule has 0 radical (unpaired) electrons. The number of carbonyl (C=O) groups is 1. The molecule has 2 fully saturated rings. The van der Waals surface area contributed by atoms with Gasteiger partial charge in [-0.2, -0.15) is 5.06 Å². The Morgan fingerprint density at radius 1 is 1.06 bits per heavy atom. The standard InChI is InChI=1S/C26H34N2O5/c1-30-13-5-14-31-23-16-21(9-8-20-6-3-2-4-7-20)17-24(18-23)33-28(22-10-11-22)26(29)25-19-27-12-15-32-25/h2-4,6-7,16-18,22,25,27H,5,8-15,19H2,1H3/t25-/m1/s1. The van der Waals surface area contributed by atoms with E-state index in [9.17, 15) is 4.79 Å². The Hall–Kier alpha value is -2.61. The molecular weight excluding hydrogens is 420 g/mol. The van der Waals surface area contributed by atoms with Crippen LogP contribution in [-0.4, -0.2) is 63.1 Å². The van der Waals surface area contributed by atoms with E-state index in [1.807, 2.05) is 18.2 Å². The lowest BCUT2D eigenvalue weighted by Gasteiger charge is -2.29. The Morgan fingerprint density at radius 2 is 1.85 bits per heavy atom. The van der Waals surface area contributed by atoms with Gasteiger partial charge >= 0.3 is 0 Å². The number of methoxy groups -OCH3 is 1. The van der Waals surface area contributed by atoms with Crippen molar-refractivity contribution in [1.29, 1.82) is 0 Å². The van der Waals surface area contributed by atoms with Gasteiger partial charge in [0.25, 0.3) is 5.91 Å². The first-order valence-electron chi connectivity index (χ1n) is 11.9. The van der Waals surface area contributed by atoms with Gasteiger partial charge in [-0.15, -0.1) is 0 Å². The molecule has 1 atom stereocenters. The summed E-state index contributed by atoms with van der Waals surface area (Å²) in [6.45, 7) is 3.01. The van der Waals surface area contributed by atoms with Gasteiger partial charge in [0.1, 0.15) is 5.75 Å². The van der Waals surface area contributed by atoms with Crippen molar-refractivity contribution in [2.75, 3.05) is 40.0 Å². The Balaban J connectivity index is 1.48. The first kappa shape index (κ1) is 23.5. The summed E-state index contributed by atoms with van der Waals surface area (Å²) in [7, 11) is 1.69. The normalized spacial score (nSPS) is 18.0. The van der Waals surface area contributed by atoms with Gasteiger partial charge in [-0.1, -0.05) is 30.3 Å². The molecule has 1 saturated heterocycles. The van der Waals surface area contributed by atoms with Crippen LogP contribution in [0.4, 0.5) is 0 Å². The average molecular weight is 455 g/mol. The maximum absolute atomic E-state index is 13.1. The molecule has 0 unspecified atom stereocenters. The summed E-state index contributed by atoms with van der Waals surface area (Å²) in [5.41, 5.74) is 2.39. The molecule has 4 rings (SSSR count). The minimum atomic E-state index is -0.509. The van der Waals surface area contributed by atoms with E-state index in [0.717, 1.165) is 50.0 Å². The number of hydroxylamine groups is 2. The van der Waals surface area contributed by atoms with Gasteiger partial charge < -0.3 is 24.4 Å². The van der Waals surface area contributed by atoms with Crippen molar-refractivity contribution in [1.82, 2.24) is 10.4 Å². The van der Waals surface area contributed by atoms with Gasteiger partial charge in [0.15, 0.2) is 11.9 Å². The second kappa shape index (κ2) is 12.0. The van der Waals surface area contributed by atoms with E-state index in [4.69, 9.17) is 19.0 Å². The van der Waals surface area contributed by atoms with Crippen molar-refractivity contribution >= 4 is 5.91 Å². The van der Waals surface area contributed by atoms with Crippen LogP contribution in [-0.2, 0) is 27.1 Å². The number of nitrogens with zero attached hydrogens (tertiary/aromatic N) is 1. The summed E-state index contributed by atoms with van der Waals surface area (Å²) in [6, 6.07) is 16.4. The number of morpholine rings is 1. The molecule has 2 aliphatic rings. The molecule has 2 aromatic carbocycles. The second-order valence-corrected chi connectivity index (χ2v) is 8.54. The molecule has 2 aromatic rings. The van der Waals surface area contributed by atoms with Crippen LogP contribution in [0.15, 0.2) is 48.5 Å². The highest BCUT2D eigenvalue weighted by molar-refractivity contribution is 5.81. The Kier molecular flexibility index (Phi) is 8.58. The highest BCUT2D eigenvalue weighted by Gasteiger charge is 2.39. The largest absolute Gasteiger partial charge is 0.493 e. The molecule has 7 nitrogen and oxygen atoms in total. The van der Waals surface area contributed by atoms with Crippen LogP contribution >= 0.6 is 0 Å². The number of hydrogen-bond donors (Lipinski definition) is 1. The maximum atomic E-state index is 13.1. The third-order valence-corrected chi connectivity index (χ3v) is 5.75. The Labute approximate surface area is 195 Å².